The molecular formula is C17H15BrFN3O2. The summed E-state index contributed by atoms with van der Waals surface area (Å²) in [6, 6.07) is 3.56. The summed E-state index contributed by atoms with van der Waals surface area (Å²) in [4.78, 5) is 8.43. The molecule has 0 radical (unpaired) electrons. The zero-order chi connectivity index (χ0) is 17.3. The molecule has 1 unspecified atom stereocenters. The van der Waals surface area contributed by atoms with Crippen LogP contribution in [-0.2, 0) is 0 Å². The molecule has 1 aliphatic heterocycles. The fourth-order valence-electron chi connectivity index (χ4n) is 2.30. The van der Waals surface area contributed by atoms with E-state index >= 15 is 0 Å². The standard InChI is InChI=1S/C17H15BrFN3O2/c1-4-12(16(19)10(3)18)22-17-11-5-15-14(23-7-9(2)24-15)6-13(11)20-8-21-17/h4-6,8-9H,1,3,7H2,2H3,(H,20,21,22)/b16-12-. The zero-order valence-corrected chi connectivity index (χ0v) is 14.6. The van der Waals surface area contributed by atoms with Crippen molar-refractivity contribution in [2.75, 3.05) is 11.9 Å². The van der Waals surface area contributed by atoms with E-state index in [2.05, 4.69) is 44.4 Å². The number of hydrogen-bond acceptors (Lipinski definition) is 5. The molecule has 0 saturated carbocycles. The lowest BCUT2D eigenvalue weighted by molar-refractivity contribution is 0.104. The Labute approximate surface area is 147 Å². The average molecular weight is 392 g/mol. The second-order valence-electron chi connectivity index (χ2n) is 5.24. The quantitative estimate of drug-likeness (QED) is 0.778. The van der Waals surface area contributed by atoms with Crippen LogP contribution < -0.4 is 14.8 Å². The summed E-state index contributed by atoms with van der Waals surface area (Å²) >= 11 is 3.02. The second kappa shape index (κ2) is 6.60. The minimum atomic E-state index is -0.553. The van der Waals surface area contributed by atoms with Gasteiger partial charge < -0.3 is 14.8 Å². The third kappa shape index (κ3) is 3.12. The Morgan fingerprint density at radius 2 is 2.21 bits per heavy atom. The van der Waals surface area contributed by atoms with Crippen LogP contribution in [-0.4, -0.2) is 22.7 Å². The van der Waals surface area contributed by atoms with E-state index in [0.29, 0.717) is 34.8 Å². The van der Waals surface area contributed by atoms with E-state index in [1.807, 2.05) is 6.92 Å². The molecule has 7 heteroatoms. The fourth-order valence-corrected chi connectivity index (χ4v) is 2.51. The van der Waals surface area contributed by atoms with Crippen LogP contribution in [0, 0.1) is 0 Å². The maximum absolute atomic E-state index is 14.1. The molecule has 0 aliphatic carbocycles. The van der Waals surface area contributed by atoms with E-state index in [1.54, 1.807) is 12.1 Å². The molecular weight excluding hydrogens is 377 g/mol. The van der Waals surface area contributed by atoms with Gasteiger partial charge in [-0.1, -0.05) is 13.2 Å². The Balaban J connectivity index is 2.09. The lowest BCUT2D eigenvalue weighted by Crippen LogP contribution is -2.25. The lowest BCUT2D eigenvalue weighted by Gasteiger charge is -2.24. The van der Waals surface area contributed by atoms with Crippen molar-refractivity contribution in [1.29, 1.82) is 0 Å². The first-order valence-electron chi connectivity index (χ1n) is 7.21. The number of benzene rings is 1. The molecule has 0 bridgehead atoms. The van der Waals surface area contributed by atoms with E-state index in [-0.39, 0.29) is 16.3 Å². The molecule has 2 aromatic rings. The fraction of sp³-hybridized carbons (Fsp3) is 0.176. The van der Waals surface area contributed by atoms with Crippen molar-refractivity contribution in [1.82, 2.24) is 9.97 Å². The Morgan fingerprint density at radius 3 is 2.92 bits per heavy atom. The van der Waals surface area contributed by atoms with Crippen LogP contribution in [0.2, 0.25) is 0 Å². The van der Waals surface area contributed by atoms with E-state index in [9.17, 15) is 4.39 Å². The highest BCUT2D eigenvalue weighted by Crippen LogP contribution is 2.37. The summed E-state index contributed by atoms with van der Waals surface area (Å²) in [5, 5.41) is 3.60. The first kappa shape index (κ1) is 16.4. The SMILES string of the molecule is C=C/C(Nc1ncnc2cc3c(cc12)OC(C)CO3)=C(/F)C(=C)Br. The van der Waals surface area contributed by atoms with Crippen molar-refractivity contribution in [2.24, 2.45) is 0 Å². The van der Waals surface area contributed by atoms with Crippen LogP contribution in [0.25, 0.3) is 10.9 Å². The molecule has 0 saturated heterocycles. The maximum atomic E-state index is 14.1. The number of nitrogens with zero attached hydrogens (tertiary/aromatic N) is 2. The highest BCUT2D eigenvalue weighted by molar-refractivity contribution is 9.11. The number of hydrogen-bond donors (Lipinski definition) is 1. The van der Waals surface area contributed by atoms with Crippen LogP contribution in [0.3, 0.4) is 0 Å². The summed E-state index contributed by atoms with van der Waals surface area (Å²) in [6.45, 7) is 9.53. The Kier molecular flexibility index (Phi) is 4.53. The van der Waals surface area contributed by atoms with Crippen molar-refractivity contribution in [3.05, 3.63) is 53.7 Å². The van der Waals surface area contributed by atoms with Crippen molar-refractivity contribution in [3.63, 3.8) is 0 Å². The smallest absolute Gasteiger partial charge is 0.163 e. The predicted octanol–water partition coefficient (Wildman–Crippen LogP) is 4.48. The minimum absolute atomic E-state index is 0.0474. The summed E-state index contributed by atoms with van der Waals surface area (Å²) < 4.78 is 25.7. The Morgan fingerprint density at radius 1 is 1.42 bits per heavy atom. The predicted molar refractivity (Wildman–Crippen MR) is 95.1 cm³/mol. The van der Waals surface area contributed by atoms with Gasteiger partial charge in [-0.2, -0.15) is 0 Å². The molecule has 2 heterocycles. The van der Waals surface area contributed by atoms with Gasteiger partial charge in [0.05, 0.1) is 11.2 Å². The maximum Gasteiger partial charge on any atom is 0.163 e. The molecule has 1 aromatic carbocycles. The van der Waals surface area contributed by atoms with Crippen LogP contribution in [0.4, 0.5) is 10.2 Å². The van der Waals surface area contributed by atoms with Crippen LogP contribution in [0.1, 0.15) is 6.92 Å². The molecule has 0 spiro atoms. The molecule has 0 fully saturated rings. The molecule has 5 nitrogen and oxygen atoms in total. The third-order valence-corrected chi connectivity index (χ3v) is 3.78. The third-order valence-electron chi connectivity index (χ3n) is 3.43. The number of halogens is 2. The van der Waals surface area contributed by atoms with Gasteiger partial charge >= 0.3 is 0 Å². The summed E-state index contributed by atoms with van der Waals surface area (Å²) in [5.74, 6) is 1.12. The van der Waals surface area contributed by atoms with Gasteiger partial charge in [0.2, 0.25) is 0 Å². The van der Waals surface area contributed by atoms with E-state index < -0.39 is 5.83 Å². The van der Waals surface area contributed by atoms with Crippen LogP contribution >= 0.6 is 15.9 Å². The number of fused-ring (bicyclic) bond motifs is 2. The number of anilines is 1. The van der Waals surface area contributed by atoms with Crippen molar-refractivity contribution in [2.45, 2.75) is 13.0 Å². The molecule has 1 aliphatic rings. The van der Waals surface area contributed by atoms with Crippen molar-refractivity contribution < 1.29 is 13.9 Å². The van der Waals surface area contributed by atoms with Gasteiger partial charge in [0.25, 0.3) is 0 Å². The van der Waals surface area contributed by atoms with Gasteiger partial charge in [-0.05, 0) is 35.0 Å². The molecule has 1 aromatic heterocycles. The lowest BCUT2D eigenvalue weighted by atomic mass is 10.2. The van der Waals surface area contributed by atoms with Crippen LogP contribution in [0.15, 0.2) is 53.7 Å². The number of allylic oxidation sites excluding steroid dienone is 3. The molecule has 24 heavy (non-hydrogen) atoms. The first-order chi connectivity index (χ1) is 11.5. The molecule has 3 rings (SSSR count). The average Bonchev–Trinajstić information content (AvgIpc) is 2.57. The molecule has 124 valence electrons. The van der Waals surface area contributed by atoms with Crippen LogP contribution in [0.5, 0.6) is 11.5 Å². The minimum Gasteiger partial charge on any atom is -0.486 e. The molecule has 0 amide bonds. The van der Waals surface area contributed by atoms with E-state index in [0.717, 1.165) is 0 Å². The van der Waals surface area contributed by atoms with E-state index in [1.165, 1.54) is 12.4 Å². The number of nitrogens with one attached hydrogen (secondary N) is 1. The highest BCUT2D eigenvalue weighted by atomic mass is 79.9. The Bertz CT molecular complexity index is 866. The monoisotopic (exact) mass is 391 g/mol. The van der Waals surface area contributed by atoms with Crippen molar-refractivity contribution in [3.8, 4) is 11.5 Å². The highest BCUT2D eigenvalue weighted by Gasteiger charge is 2.20. The summed E-state index contributed by atoms with van der Waals surface area (Å²) in [7, 11) is 0. The largest absolute Gasteiger partial charge is 0.486 e. The van der Waals surface area contributed by atoms with Crippen molar-refractivity contribution >= 4 is 32.7 Å². The molecule has 1 atom stereocenters. The zero-order valence-electron chi connectivity index (χ0n) is 13.0. The summed E-state index contributed by atoms with van der Waals surface area (Å²) in [5.41, 5.74) is 0.811. The normalized spacial score (nSPS) is 17.2. The van der Waals surface area contributed by atoms with Gasteiger partial charge in [0.1, 0.15) is 24.9 Å². The topological polar surface area (TPSA) is 56.3 Å². The first-order valence-corrected chi connectivity index (χ1v) is 8.01. The van der Waals surface area contributed by atoms with E-state index in [4.69, 9.17) is 9.47 Å². The van der Waals surface area contributed by atoms with Gasteiger partial charge in [0.15, 0.2) is 17.3 Å². The Hall–Kier alpha value is -2.41. The van der Waals surface area contributed by atoms with Gasteiger partial charge in [-0.3, -0.25) is 0 Å². The molecule has 1 N–H and O–H groups in total. The van der Waals surface area contributed by atoms with Gasteiger partial charge in [-0.15, -0.1) is 0 Å². The number of aromatic nitrogens is 2. The summed E-state index contributed by atoms with van der Waals surface area (Å²) in [6.07, 6.45) is 2.70. The number of ether oxygens (including phenoxy) is 2. The number of rotatable bonds is 4. The van der Waals surface area contributed by atoms with Gasteiger partial charge in [-0.25, -0.2) is 14.4 Å². The van der Waals surface area contributed by atoms with Gasteiger partial charge in [0, 0.05) is 15.9 Å². The second-order valence-corrected chi connectivity index (χ2v) is 6.20.